The molecule has 0 bridgehead atoms. The molecule has 0 rings (SSSR count). The molecule has 0 radical (unpaired) electrons. The molecule has 0 heterocycles. The molecule has 1 atom stereocenters. The Morgan fingerprint density at radius 1 is 1.60 bits per heavy atom. The van der Waals surface area contributed by atoms with Gasteiger partial charge < -0.3 is 16.4 Å². The van der Waals surface area contributed by atoms with E-state index >= 15 is 0 Å². The van der Waals surface area contributed by atoms with Crippen LogP contribution < -0.4 is 16.4 Å². The van der Waals surface area contributed by atoms with Crippen LogP contribution in [0.25, 0.3) is 0 Å². The van der Waals surface area contributed by atoms with E-state index in [-0.39, 0.29) is 5.91 Å². The van der Waals surface area contributed by atoms with Crippen molar-refractivity contribution in [2.75, 3.05) is 20.1 Å². The Kier molecular flexibility index (Phi) is 4.88. The summed E-state index contributed by atoms with van der Waals surface area (Å²) in [5.74, 6) is -0.102. The lowest BCUT2D eigenvalue weighted by molar-refractivity contribution is -0.121. The Hall–Kier alpha value is -0.610. The number of rotatable bonds is 4. The standard InChI is InChI=1S/C6H15N3O/c1-5(7)6(10)9-4-3-8-2/h5,8H,3-4,7H2,1-2H3,(H,9,10)/t5-/m0/s1. The number of nitrogens with one attached hydrogen (secondary N) is 2. The molecular weight excluding hydrogens is 130 g/mol. The third-order valence-electron chi connectivity index (χ3n) is 1.09. The van der Waals surface area contributed by atoms with Crippen LogP contribution >= 0.6 is 0 Å². The summed E-state index contributed by atoms with van der Waals surface area (Å²) in [6.45, 7) is 3.07. The van der Waals surface area contributed by atoms with Gasteiger partial charge in [-0.2, -0.15) is 0 Å². The number of hydrogen-bond donors (Lipinski definition) is 3. The van der Waals surface area contributed by atoms with Gasteiger partial charge >= 0.3 is 0 Å². The highest BCUT2D eigenvalue weighted by Gasteiger charge is 2.03. The average molecular weight is 145 g/mol. The number of hydrogen-bond acceptors (Lipinski definition) is 3. The van der Waals surface area contributed by atoms with Gasteiger partial charge in [-0.15, -0.1) is 0 Å². The van der Waals surface area contributed by atoms with Gasteiger partial charge in [0.05, 0.1) is 6.04 Å². The van der Waals surface area contributed by atoms with Crippen molar-refractivity contribution in [3.8, 4) is 0 Å². The number of likely N-dealkylation sites (N-methyl/N-ethyl adjacent to an activating group) is 1. The molecule has 60 valence electrons. The predicted molar refractivity (Wildman–Crippen MR) is 40.6 cm³/mol. The zero-order chi connectivity index (χ0) is 7.98. The summed E-state index contributed by atoms with van der Waals surface area (Å²) in [7, 11) is 1.83. The first-order valence-corrected chi connectivity index (χ1v) is 3.36. The Bertz CT molecular complexity index is 103. The zero-order valence-electron chi connectivity index (χ0n) is 6.48. The summed E-state index contributed by atoms with van der Waals surface area (Å²) in [6.07, 6.45) is 0. The second kappa shape index (κ2) is 5.20. The van der Waals surface area contributed by atoms with Gasteiger partial charge in [-0.1, -0.05) is 0 Å². The summed E-state index contributed by atoms with van der Waals surface area (Å²) < 4.78 is 0. The number of nitrogens with two attached hydrogens (primary N) is 1. The fourth-order valence-electron chi connectivity index (χ4n) is 0.472. The van der Waals surface area contributed by atoms with Crippen molar-refractivity contribution >= 4 is 5.91 Å². The first-order valence-electron chi connectivity index (χ1n) is 3.36. The van der Waals surface area contributed by atoms with E-state index in [2.05, 4.69) is 10.6 Å². The molecule has 0 saturated heterocycles. The molecule has 0 fully saturated rings. The zero-order valence-corrected chi connectivity index (χ0v) is 6.48. The topological polar surface area (TPSA) is 67.1 Å². The van der Waals surface area contributed by atoms with Crippen LogP contribution in [0, 0.1) is 0 Å². The van der Waals surface area contributed by atoms with Gasteiger partial charge in [0, 0.05) is 13.1 Å². The maximum Gasteiger partial charge on any atom is 0.236 e. The van der Waals surface area contributed by atoms with Crippen LogP contribution in [0.15, 0.2) is 0 Å². The van der Waals surface area contributed by atoms with Crippen molar-refractivity contribution in [1.82, 2.24) is 10.6 Å². The molecule has 0 saturated carbocycles. The van der Waals surface area contributed by atoms with Gasteiger partial charge in [0.25, 0.3) is 0 Å². The van der Waals surface area contributed by atoms with E-state index in [9.17, 15) is 4.79 Å². The van der Waals surface area contributed by atoms with E-state index in [0.29, 0.717) is 6.54 Å². The Labute approximate surface area is 61.2 Å². The van der Waals surface area contributed by atoms with Gasteiger partial charge in [-0.05, 0) is 14.0 Å². The number of carbonyl (C=O) groups excluding carboxylic acids is 1. The number of carbonyl (C=O) groups is 1. The van der Waals surface area contributed by atoms with E-state index in [1.165, 1.54) is 0 Å². The number of amides is 1. The van der Waals surface area contributed by atoms with Gasteiger partial charge in [0.15, 0.2) is 0 Å². The maximum atomic E-state index is 10.8. The highest BCUT2D eigenvalue weighted by molar-refractivity contribution is 5.80. The molecule has 0 aliphatic rings. The molecular formula is C6H15N3O. The summed E-state index contributed by atoms with van der Waals surface area (Å²) in [5, 5.41) is 5.56. The Morgan fingerprint density at radius 3 is 2.60 bits per heavy atom. The van der Waals surface area contributed by atoms with E-state index in [1.807, 2.05) is 7.05 Å². The minimum atomic E-state index is -0.406. The molecule has 0 aromatic rings. The van der Waals surface area contributed by atoms with Crippen molar-refractivity contribution in [1.29, 1.82) is 0 Å². The van der Waals surface area contributed by atoms with Crippen LogP contribution in [-0.2, 0) is 4.79 Å². The molecule has 4 heteroatoms. The lowest BCUT2D eigenvalue weighted by Gasteiger charge is -2.06. The summed E-state index contributed by atoms with van der Waals surface area (Å²) in [4.78, 5) is 10.8. The minimum Gasteiger partial charge on any atom is -0.353 e. The monoisotopic (exact) mass is 145 g/mol. The Morgan fingerprint density at radius 2 is 2.20 bits per heavy atom. The first-order chi connectivity index (χ1) is 4.68. The molecule has 4 nitrogen and oxygen atoms in total. The molecule has 4 N–H and O–H groups in total. The van der Waals surface area contributed by atoms with Crippen LogP contribution in [0.5, 0.6) is 0 Å². The third-order valence-corrected chi connectivity index (χ3v) is 1.09. The van der Waals surface area contributed by atoms with Gasteiger partial charge in [-0.25, -0.2) is 0 Å². The third kappa shape index (κ3) is 4.29. The largest absolute Gasteiger partial charge is 0.353 e. The molecule has 0 unspecified atom stereocenters. The lowest BCUT2D eigenvalue weighted by atomic mass is 10.3. The van der Waals surface area contributed by atoms with Crippen LogP contribution in [0.4, 0.5) is 0 Å². The SMILES string of the molecule is CNCCNC(=O)[C@H](C)N. The van der Waals surface area contributed by atoms with Gasteiger partial charge in [0.1, 0.15) is 0 Å². The first kappa shape index (κ1) is 9.39. The van der Waals surface area contributed by atoms with Crippen molar-refractivity contribution in [3.05, 3.63) is 0 Å². The molecule has 0 aliphatic heterocycles. The molecule has 0 aromatic heterocycles. The van der Waals surface area contributed by atoms with Gasteiger partial charge in [-0.3, -0.25) is 4.79 Å². The quantitative estimate of drug-likeness (QED) is 0.429. The van der Waals surface area contributed by atoms with Crippen molar-refractivity contribution in [2.45, 2.75) is 13.0 Å². The molecule has 1 amide bonds. The Balaban J connectivity index is 3.22. The normalized spacial score (nSPS) is 12.7. The maximum absolute atomic E-state index is 10.8. The fraction of sp³-hybridized carbons (Fsp3) is 0.833. The fourth-order valence-corrected chi connectivity index (χ4v) is 0.472. The van der Waals surface area contributed by atoms with Gasteiger partial charge in [0.2, 0.25) is 5.91 Å². The highest BCUT2D eigenvalue weighted by atomic mass is 16.2. The van der Waals surface area contributed by atoms with E-state index in [4.69, 9.17) is 5.73 Å². The van der Waals surface area contributed by atoms with Crippen molar-refractivity contribution in [3.63, 3.8) is 0 Å². The second-order valence-electron chi connectivity index (χ2n) is 2.18. The van der Waals surface area contributed by atoms with E-state index in [1.54, 1.807) is 6.92 Å². The summed E-state index contributed by atoms with van der Waals surface area (Å²) in [5.41, 5.74) is 5.29. The molecule has 0 aliphatic carbocycles. The van der Waals surface area contributed by atoms with Crippen LogP contribution in [0.2, 0.25) is 0 Å². The molecule has 10 heavy (non-hydrogen) atoms. The second-order valence-corrected chi connectivity index (χ2v) is 2.18. The summed E-state index contributed by atoms with van der Waals surface area (Å²) in [6, 6.07) is -0.406. The van der Waals surface area contributed by atoms with E-state index < -0.39 is 6.04 Å². The highest BCUT2D eigenvalue weighted by Crippen LogP contribution is 1.72. The van der Waals surface area contributed by atoms with Crippen molar-refractivity contribution in [2.24, 2.45) is 5.73 Å². The van der Waals surface area contributed by atoms with Crippen LogP contribution in [-0.4, -0.2) is 32.1 Å². The average Bonchev–Trinajstić information content (AvgIpc) is 1.88. The molecule has 0 spiro atoms. The minimum absolute atomic E-state index is 0.102. The smallest absolute Gasteiger partial charge is 0.236 e. The predicted octanol–water partition coefficient (Wildman–Crippen LogP) is -1.33. The lowest BCUT2D eigenvalue weighted by Crippen LogP contribution is -2.40. The van der Waals surface area contributed by atoms with E-state index in [0.717, 1.165) is 6.54 Å². The molecule has 0 aromatic carbocycles. The van der Waals surface area contributed by atoms with Crippen LogP contribution in [0.3, 0.4) is 0 Å². The van der Waals surface area contributed by atoms with Crippen LogP contribution in [0.1, 0.15) is 6.92 Å². The summed E-state index contributed by atoms with van der Waals surface area (Å²) >= 11 is 0. The van der Waals surface area contributed by atoms with Crippen molar-refractivity contribution < 1.29 is 4.79 Å².